The Balaban J connectivity index is 1.25. The lowest BCUT2D eigenvalue weighted by molar-refractivity contribution is -0.132. The molecule has 226 valence electrons. The van der Waals surface area contributed by atoms with Crippen LogP contribution in [-0.2, 0) is 14.3 Å². The van der Waals surface area contributed by atoms with Crippen molar-refractivity contribution in [3.8, 4) is 11.4 Å². The average Bonchev–Trinajstić information content (AvgIpc) is 3.03. The zero-order valence-electron chi connectivity index (χ0n) is 23.5. The molecule has 0 unspecified atom stereocenters. The molecule has 2 N–H and O–H groups in total. The molecule has 3 fully saturated rings. The number of hydrogen-bond donors (Lipinski definition) is 1. The zero-order valence-corrected chi connectivity index (χ0v) is 23.5. The molecule has 3 aliphatic heterocycles. The van der Waals surface area contributed by atoms with Crippen molar-refractivity contribution in [2.24, 2.45) is 5.92 Å². The first-order valence-electron chi connectivity index (χ1n) is 14.3. The van der Waals surface area contributed by atoms with Crippen molar-refractivity contribution in [1.82, 2.24) is 34.7 Å². The minimum atomic E-state index is -2.89. The summed E-state index contributed by atoms with van der Waals surface area (Å²) in [6.07, 6.45) is 2.70. The fourth-order valence-electron chi connectivity index (χ4n) is 5.48. The lowest BCUT2D eigenvalue weighted by atomic mass is 9.92. The van der Waals surface area contributed by atoms with E-state index in [0.717, 1.165) is 19.3 Å². The zero-order chi connectivity index (χ0) is 29.6. The van der Waals surface area contributed by atoms with Crippen LogP contribution in [0.3, 0.4) is 0 Å². The molecule has 3 saturated heterocycles. The van der Waals surface area contributed by atoms with Gasteiger partial charge in [-0.2, -0.15) is 15.0 Å². The lowest BCUT2D eigenvalue weighted by Gasteiger charge is -2.36. The second-order valence-corrected chi connectivity index (χ2v) is 10.6. The van der Waals surface area contributed by atoms with Crippen molar-refractivity contribution in [3.05, 3.63) is 24.5 Å². The van der Waals surface area contributed by atoms with Gasteiger partial charge in [-0.15, -0.1) is 0 Å². The van der Waals surface area contributed by atoms with Crippen LogP contribution >= 0.6 is 0 Å². The van der Waals surface area contributed by atoms with E-state index in [1.54, 1.807) is 4.90 Å². The summed E-state index contributed by atoms with van der Waals surface area (Å²) in [6.45, 7) is 9.00. The smallest absolute Gasteiger partial charge is 0.281 e. The normalized spacial score (nSPS) is 18.5. The van der Waals surface area contributed by atoms with E-state index in [-0.39, 0.29) is 29.2 Å². The van der Waals surface area contributed by atoms with Gasteiger partial charge in [-0.1, -0.05) is 6.58 Å². The first-order chi connectivity index (χ1) is 20.3. The first kappa shape index (κ1) is 29.5. The molecule has 0 radical (unpaired) electrons. The van der Waals surface area contributed by atoms with Crippen LogP contribution in [0.4, 0.5) is 26.6 Å². The molecule has 3 aliphatic rings. The van der Waals surface area contributed by atoms with Gasteiger partial charge in [-0.3, -0.25) is 9.59 Å². The predicted octanol–water partition coefficient (Wildman–Crippen LogP) is 1.54. The molecule has 2 aromatic heterocycles. The number of nitrogens with two attached hydrogens (primary N) is 1. The monoisotopic (exact) mass is 586 g/mol. The highest BCUT2D eigenvalue weighted by Gasteiger charge is 2.28. The topological polar surface area (TPSA) is 147 Å². The van der Waals surface area contributed by atoms with E-state index < -0.39 is 12.1 Å². The summed E-state index contributed by atoms with van der Waals surface area (Å²) in [4.78, 5) is 53.7. The number of carbonyl (C=O) groups excluding carboxylic acids is 2. The van der Waals surface area contributed by atoms with Gasteiger partial charge in [0.05, 0.1) is 18.8 Å². The van der Waals surface area contributed by atoms with Crippen molar-refractivity contribution in [1.29, 1.82) is 0 Å². The molecule has 42 heavy (non-hydrogen) atoms. The number of alkyl halides is 2. The maximum Gasteiger partial charge on any atom is 0.281 e. The first-order valence-corrected chi connectivity index (χ1v) is 14.3. The molecule has 0 bridgehead atoms. The third-order valence-electron chi connectivity index (χ3n) is 7.97. The highest BCUT2D eigenvalue weighted by Crippen LogP contribution is 2.30. The number of aromatic nitrogens is 5. The van der Waals surface area contributed by atoms with Crippen molar-refractivity contribution in [3.63, 3.8) is 0 Å². The molecule has 5 rings (SSSR count). The number of anilines is 3. The minimum Gasteiger partial charge on any atom is -0.378 e. The highest BCUT2D eigenvalue weighted by atomic mass is 19.3. The number of nitrogens with zero attached hydrogens (tertiary/aromatic N) is 9. The van der Waals surface area contributed by atoms with Gasteiger partial charge in [0.2, 0.25) is 29.7 Å². The van der Waals surface area contributed by atoms with Crippen LogP contribution in [0.5, 0.6) is 0 Å². The minimum absolute atomic E-state index is 0.00846. The molecule has 13 nitrogen and oxygen atoms in total. The standard InChI is InChI=1S/C27H36F2N10O3/c1-2-20(40)36-7-5-18(6-8-36)3-4-21(41)37-9-11-38(12-10-37)26-33-24(19-17-31-25(30)32-22(19)23(28)29)34-27(35-26)39-13-15-42-16-14-39/h2,17-18,23H,1,3-16H2,(H2,30,31,32). The summed E-state index contributed by atoms with van der Waals surface area (Å²) in [5.41, 5.74) is 5.02. The Morgan fingerprint density at radius 3 is 2.21 bits per heavy atom. The third-order valence-corrected chi connectivity index (χ3v) is 7.97. The fraction of sp³-hybridized carbons (Fsp3) is 0.593. The fourth-order valence-corrected chi connectivity index (χ4v) is 5.48. The predicted molar refractivity (Wildman–Crippen MR) is 151 cm³/mol. The van der Waals surface area contributed by atoms with Gasteiger partial charge in [0, 0.05) is 65.0 Å². The van der Waals surface area contributed by atoms with Crippen LogP contribution in [0.1, 0.15) is 37.8 Å². The van der Waals surface area contributed by atoms with Crippen LogP contribution in [0, 0.1) is 5.92 Å². The maximum atomic E-state index is 13.9. The molecule has 0 aliphatic carbocycles. The molecule has 0 aromatic carbocycles. The van der Waals surface area contributed by atoms with Gasteiger partial charge in [0.15, 0.2) is 5.82 Å². The molecular weight excluding hydrogens is 550 g/mol. The van der Waals surface area contributed by atoms with Gasteiger partial charge in [-0.25, -0.2) is 18.7 Å². The van der Waals surface area contributed by atoms with E-state index in [2.05, 4.69) is 31.5 Å². The van der Waals surface area contributed by atoms with Crippen LogP contribution in [-0.4, -0.2) is 112 Å². The number of piperidine rings is 1. The quantitative estimate of drug-likeness (QED) is 0.449. The second-order valence-electron chi connectivity index (χ2n) is 10.6. The SMILES string of the molecule is C=CC(=O)N1CCC(CCC(=O)N2CCN(c3nc(-c4cnc(N)nc4C(F)F)nc(N4CCOCC4)n3)CC2)CC1. The van der Waals surface area contributed by atoms with Crippen molar-refractivity contribution in [2.45, 2.75) is 32.1 Å². The number of amides is 2. The van der Waals surface area contributed by atoms with Gasteiger partial charge in [-0.05, 0) is 31.3 Å². The number of morpholine rings is 1. The molecule has 0 atom stereocenters. The second kappa shape index (κ2) is 13.3. The average molecular weight is 587 g/mol. The molecule has 15 heteroatoms. The van der Waals surface area contributed by atoms with Gasteiger partial charge >= 0.3 is 0 Å². The summed E-state index contributed by atoms with van der Waals surface area (Å²) in [5.74, 6) is 0.955. The van der Waals surface area contributed by atoms with Gasteiger partial charge in [0.1, 0.15) is 5.69 Å². The number of nitrogen functional groups attached to an aromatic ring is 1. The number of carbonyl (C=O) groups is 2. The van der Waals surface area contributed by atoms with Crippen LogP contribution < -0.4 is 15.5 Å². The lowest BCUT2D eigenvalue weighted by Crippen LogP contribution is -2.49. The Morgan fingerprint density at radius 2 is 1.60 bits per heavy atom. The molecule has 2 aromatic rings. The summed E-state index contributed by atoms with van der Waals surface area (Å²) < 4.78 is 33.2. The van der Waals surface area contributed by atoms with E-state index in [1.165, 1.54) is 12.3 Å². The summed E-state index contributed by atoms with van der Waals surface area (Å²) in [5, 5.41) is 0. The van der Waals surface area contributed by atoms with Crippen molar-refractivity contribution >= 4 is 29.7 Å². The van der Waals surface area contributed by atoms with Gasteiger partial charge in [0.25, 0.3) is 6.43 Å². The van der Waals surface area contributed by atoms with Crippen LogP contribution in [0.25, 0.3) is 11.4 Å². The highest BCUT2D eigenvalue weighted by molar-refractivity contribution is 5.87. The van der Waals surface area contributed by atoms with Crippen LogP contribution in [0.15, 0.2) is 18.9 Å². The number of hydrogen-bond acceptors (Lipinski definition) is 11. The summed E-state index contributed by atoms with van der Waals surface area (Å²) in [6, 6.07) is 0. The van der Waals surface area contributed by atoms with E-state index in [4.69, 9.17) is 10.5 Å². The molecule has 5 heterocycles. The van der Waals surface area contributed by atoms with E-state index >= 15 is 0 Å². The summed E-state index contributed by atoms with van der Waals surface area (Å²) >= 11 is 0. The number of piperazine rings is 1. The van der Waals surface area contributed by atoms with E-state index in [1.807, 2.05) is 14.7 Å². The molecule has 0 saturated carbocycles. The maximum absolute atomic E-state index is 13.9. The molecule has 0 spiro atoms. The van der Waals surface area contributed by atoms with E-state index in [0.29, 0.717) is 89.8 Å². The van der Waals surface area contributed by atoms with Crippen LogP contribution in [0.2, 0.25) is 0 Å². The number of ether oxygens (including phenoxy) is 1. The number of rotatable bonds is 8. The van der Waals surface area contributed by atoms with E-state index in [9.17, 15) is 18.4 Å². The Hall–Kier alpha value is -4.01. The Bertz CT molecular complexity index is 1280. The summed E-state index contributed by atoms with van der Waals surface area (Å²) in [7, 11) is 0. The van der Waals surface area contributed by atoms with Crippen molar-refractivity contribution in [2.75, 3.05) is 81.1 Å². The van der Waals surface area contributed by atoms with Crippen molar-refractivity contribution < 1.29 is 23.1 Å². The van der Waals surface area contributed by atoms with Gasteiger partial charge < -0.3 is 30.1 Å². The Kier molecular flexibility index (Phi) is 9.35. The molecular formula is C27H36F2N10O3. The number of likely N-dealkylation sites (tertiary alicyclic amines) is 1. The Morgan fingerprint density at radius 1 is 0.952 bits per heavy atom. The third kappa shape index (κ3) is 6.89. The largest absolute Gasteiger partial charge is 0.378 e. The molecule has 2 amide bonds. The number of halogens is 2. The Labute approximate surface area is 242 Å².